The Kier molecular flexibility index (Phi) is 4.06. The molecule has 20 heavy (non-hydrogen) atoms. The van der Waals surface area contributed by atoms with Crippen LogP contribution < -0.4 is 4.74 Å². The van der Waals surface area contributed by atoms with Crippen molar-refractivity contribution in [3.63, 3.8) is 0 Å². The maximum atomic E-state index is 10.8. The topological polar surface area (TPSA) is 35.5 Å². The van der Waals surface area contributed by atoms with Gasteiger partial charge < -0.3 is 9.47 Å². The van der Waals surface area contributed by atoms with Crippen LogP contribution in [0.25, 0.3) is 0 Å². The number of hydrogen-bond donors (Lipinski definition) is 0. The van der Waals surface area contributed by atoms with E-state index in [-0.39, 0.29) is 11.7 Å². The second-order valence-electron chi connectivity index (χ2n) is 6.02. The van der Waals surface area contributed by atoms with E-state index in [1.807, 2.05) is 18.2 Å². The van der Waals surface area contributed by atoms with Gasteiger partial charge >= 0.3 is 0 Å². The summed E-state index contributed by atoms with van der Waals surface area (Å²) in [5.41, 5.74) is 0.727. The molecule has 1 unspecified atom stereocenters. The molecular formula is C17H22O3. The molecule has 1 aliphatic carbocycles. The molecule has 3 rings (SSSR count). The van der Waals surface area contributed by atoms with Crippen molar-refractivity contribution in [1.82, 2.24) is 0 Å². The van der Waals surface area contributed by atoms with Gasteiger partial charge in [0.05, 0.1) is 12.2 Å². The van der Waals surface area contributed by atoms with Crippen molar-refractivity contribution in [3.05, 3.63) is 29.8 Å². The molecule has 1 saturated heterocycles. The summed E-state index contributed by atoms with van der Waals surface area (Å²) in [6.07, 6.45) is 9.20. The van der Waals surface area contributed by atoms with E-state index in [0.29, 0.717) is 5.56 Å². The van der Waals surface area contributed by atoms with Gasteiger partial charge in [0.2, 0.25) is 0 Å². The van der Waals surface area contributed by atoms with E-state index in [1.165, 1.54) is 32.1 Å². The normalized spacial score (nSPS) is 25.3. The third-order valence-electron chi connectivity index (χ3n) is 4.51. The summed E-state index contributed by atoms with van der Waals surface area (Å²) in [6.45, 7) is 0.790. The molecule has 0 aromatic heterocycles. The number of aldehydes is 1. The van der Waals surface area contributed by atoms with E-state index in [9.17, 15) is 4.79 Å². The number of carbonyl (C=O) groups excluding carboxylic acids is 1. The lowest BCUT2D eigenvalue weighted by atomic mass is 9.79. The van der Waals surface area contributed by atoms with E-state index < -0.39 is 0 Å². The smallest absolute Gasteiger partial charge is 0.150 e. The number of benzene rings is 1. The van der Waals surface area contributed by atoms with E-state index in [2.05, 4.69) is 0 Å². The second-order valence-corrected chi connectivity index (χ2v) is 6.02. The Balaban J connectivity index is 1.66. The maximum absolute atomic E-state index is 10.8. The maximum Gasteiger partial charge on any atom is 0.150 e. The van der Waals surface area contributed by atoms with Gasteiger partial charge in [-0.15, -0.1) is 0 Å². The van der Waals surface area contributed by atoms with Gasteiger partial charge in [-0.1, -0.05) is 31.4 Å². The molecule has 1 atom stereocenters. The van der Waals surface area contributed by atoms with Crippen LogP contribution in [-0.2, 0) is 4.74 Å². The molecule has 1 heterocycles. The first-order valence-corrected chi connectivity index (χ1v) is 7.66. The minimum absolute atomic E-state index is 0.0590. The fraction of sp³-hybridized carbons (Fsp3) is 0.588. The summed E-state index contributed by atoms with van der Waals surface area (Å²) in [7, 11) is 0. The van der Waals surface area contributed by atoms with Gasteiger partial charge in [0.1, 0.15) is 18.1 Å². The summed E-state index contributed by atoms with van der Waals surface area (Å²) in [6, 6.07) is 7.41. The highest BCUT2D eigenvalue weighted by Gasteiger charge is 2.39. The first kappa shape index (κ1) is 13.6. The summed E-state index contributed by atoms with van der Waals surface area (Å²) in [5, 5.41) is 0. The molecule has 0 bridgehead atoms. The molecule has 3 heteroatoms. The van der Waals surface area contributed by atoms with Crippen LogP contribution in [0.4, 0.5) is 0 Å². The van der Waals surface area contributed by atoms with Gasteiger partial charge in [0, 0.05) is 18.4 Å². The third kappa shape index (κ3) is 3.04. The molecule has 1 aromatic rings. The molecule has 2 fully saturated rings. The molecule has 0 radical (unpaired) electrons. The quantitative estimate of drug-likeness (QED) is 0.787. The van der Waals surface area contributed by atoms with Crippen molar-refractivity contribution in [2.24, 2.45) is 0 Å². The highest BCUT2D eigenvalue weighted by molar-refractivity contribution is 5.75. The Morgan fingerprint density at radius 1 is 1.25 bits per heavy atom. The number of rotatable bonds is 3. The minimum atomic E-state index is 0.0590. The predicted octanol–water partition coefficient (Wildman–Crippen LogP) is 3.76. The van der Waals surface area contributed by atoms with E-state index >= 15 is 0 Å². The van der Waals surface area contributed by atoms with Gasteiger partial charge in [-0.05, 0) is 25.0 Å². The molecule has 1 saturated carbocycles. The van der Waals surface area contributed by atoms with Gasteiger partial charge in [-0.25, -0.2) is 0 Å². The lowest BCUT2D eigenvalue weighted by molar-refractivity contribution is -0.129. The molecule has 2 aliphatic rings. The summed E-state index contributed by atoms with van der Waals surface area (Å²) in [5.74, 6) is 0.799. The van der Waals surface area contributed by atoms with Crippen molar-refractivity contribution in [3.8, 4) is 5.75 Å². The summed E-state index contributed by atoms with van der Waals surface area (Å²) < 4.78 is 12.2. The zero-order valence-corrected chi connectivity index (χ0v) is 11.8. The molecule has 108 valence electrons. The number of hydrogen-bond acceptors (Lipinski definition) is 3. The highest BCUT2D eigenvalue weighted by Crippen LogP contribution is 2.39. The third-order valence-corrected chi connectivity index (χ3v) is 4.51. The Morgan fingerprint density at radius 3 is 2.90 bits per heavy atom. The lowest BCUT2D eigenvalue weighted by Gasteiger charge is -2.43. The highest BCUT2D eigenvalue weighted by atomic mass is 16.5. The average Bonchev–Trinajstić information content (AvgIpc) is 2.48. The van der Waals surface area contributed by atoms with Crippen molar-refractivity contribution < 1.29 is 14.3 Å². The van der Waals surface area contributed by atoms with Crippen LogP contribution in [-0.4, -0.2) is 24.6 Å². The SMILES string of the molecule is O=Cc1cccc(OC2CCOC3(CCCCC3)C2)c1. The Labute approximate surface area is 120 Å². The molecule has 1 aliphatic heterocycles. The van der Waals surface area contributed by atoms with Gasteiger partial charge in [-0.3, -0.25) is 4.79 Å². The Bertz CT molecular complexity index is 458. The van der Waals surface area contributed by atoms with Crippen LogP contribution in [0.15, 0.2) is 24.3 Å². The van der Waals surface area contributed by atoms with Crippen LogP contribution in [0.3, 0.4) is 0 Å². The van der Waals surface area contributed by atoms with E-state index in [4.69, 9.17) is 9.47 Å². The van der Waals surface area contributed by atoms with Crippen molar-refractivity contribution in [2.75, 3.05) is 6.61 Å². The second kappa shape index (κ2) is 5.96. The molecule has 3 nitrogen and oxygen atoms in total. The van der Waals surface area contributed by atoms with Gasteiger partial charge in [0.15, 0.2) is 0 Å². The average molecular weight is 274 g/mol. The zero-order chi connectivity index (χ0) is 13.8. The summed E-state index contributed by atoms with van der Waals surface area (Å²) >= 11 is 0. The Hall–Kier alpha value is -1.35. The van der Waals surface area contributed by atoms with E-state index in [1.54, 1.807) is 6.07 Å². The van der Waals surface area contributed by atoms with Crippen molar-refractivity contribution in [2.45, 2.75) is 56.7 Å². The number of carbonyl (C=O) groups is 1. The largest absolute Gasteiger partial charge is 0.490 e. The molecule has 0 N–H and O–H groups in total. The molecule has 1 aromatic carbocycles. The molecular weight excluding hydrogens is 252 g/mol. The minimum Gasteiger partial charge on any atom is -0.490 e. The van der Waals surface area contributed by atoms with Crippen molar-refractivity contribution in [1.29, 1.82) is 0 Å². The number of ether oxygens (including phenoxy) is 2. The van der Waals surface area contributed by atoms with Crippen LogP contribution in [0, 0.1) is 0 Å². The first-order valence-electron chi connectivity index (χ1n) is 7.66. The fourth-order valence-electron chi connectivity index (χ4n) is 3.48. The molecule has 1 spiro atoms. The predicted molar refractivity (Wildman–Crippen MR) is 77.2 cm³/mol. The monoisotopic (exact) mass is 274 g/mol. The van der Waals surface area contributed by atoms with Crippen LogP contribution in [0.2, 0.25) is 0 Å². The van der Waals surface area contributed by atoms with Crippen molar-refractivity contribution >= 4 is 6.29 Å². The summed E-state index contributed by atoms with van der Waals surface area (Å²) in [4.78, 5) is 10.8. The standard InChI is InChI=1S/C17H22O3/c18-13-14-5-4-6-15(11-14)20-16-7-10-19-17(12-16)8-2-1-3-9-17/h4-6,11,13,16H,1-3,7-10,12H2. The van der Waals surface area contributed by atoms with Gasteiger partial charge in [-0.2, -0.15) is 0 Å². The first-order chi connectivity index (χ1) is 9.80. The van der Waals surface area contributed by atoms with Crippen LogP contribution in [0.1, 0.15) is 55.3 Å². The molecule has 0 amide bonds. The fourth-order valence-corrected chi connectivity index (χ4v) is 3.48. The van der Waals surface area contributed by atoms with E-state index in [0.717, 1.165) is 31.5 Å². The Morgan fingerprint density at radius 2 is 2.10 bits per heavy atom. The zero-order valence-electron chi connectivity index (χ0n) is 11.8. The lowest BCUT2D eigenvalue weighted by Crippen LogP contribution is -2.45. The van der Waals surface area contributed by atoms with Crippen LogP contribution >= 0.6 is 0 Å². The van der Waals surface area contributed by atoms with Crippen LogP contribution in [0.5, 0.6) is 5.75 Å². The van der Waals surface area contributed by atoms with Gasteiger partial charge in [0.25, 0.3) is 0 Å².